The van der Waals surface area contributed by atoms with E-state index in [0.29, 0.717) is 26.4 Å². The molecule has 4 rings (SSSR count). The van der Waals surface area contributed by atoms with Crippen molar-refractivity contribution in [1.29, 1.82) is 0 Å². The van der Waals surface area contributed by atoms with Gasteiger partial charge in [0.05, 0.1) is 38.7 Å². The SMILES string of the molecule is c1coc(CCNC(=NCC2COC3(CCOCC3)O2)NCC2CCCCO2)c1. The van der Waals surface area contributed by atoms with E-state index >= 15 is 0 Å². The van der Waals surface area contributed by atoms with E-state index in [4.69, 9.17) is 28.4 Å². The van der Waals surface area contributed by atoms with Gasteiger partial charge in [-0.15, -0.1) is 0 Å². The number of nitrogens with zero attached hydrogens (tertiary/aromatic N) is 1. The Bertz CT molecular complexity index is 624. The zero-order valence-corrected chi connectivity index (χ0v) is 17.1. The highest BCUT2D eigenvalue weighted by Gasteiger charge is 2.42. The first-order valence-electron chi connectivity index (χ1n) is 10.9. The Hall–Kier alpha value is -1.61. The molecular formula is C21H33N3O5. The predicted octanol–water partition coefficient (Wildman–Crippen LogP) is 1.85. The number of nitrogens with one attached hydrogen (secondary N) is 2. The maximum absolute atomic E-state index is 6.19. The minimum absolute atomic E-state index is 0.0253. The van der Waals surface area contributed by atoms with E-state index in [0.717, 1.165) is 63.5 Å². The van der Waals surface area contributed by atoms with Crippen molar-refractivity contribution in [2.75, 3.05) is 46.1 Å². The largest absolute Gasteiger partial charge is 0.469 e. The third-order valence-electron chi connectivity index (χ3n) is 5.64. The number of guanidine groups is 1. The molecule has 8 nitrogen and oxygen atoms in total. The quantitative estimate of drug-likeness (QED) is 0.527. The van der Waals surface area contributed by atoms with Gasteiger partial charge in [0, 0.05) is 39.0 Å². The number of hydrogen-bond donors (Lipinski definition) is 2. The van der Waals surface area contributed by atoms with Crippen LogP contribution in [0.25, 0.3) is 0 Å². The van der Waals surface area contributed by atoms with Crippen molar-refractivity contribution in [3.05, 3.63) is 24.2 Å². The lowest BCUT2D eigenvalue weighted by Crippen LogP contribution is -2.43. The zero-order valence-electron chi connectivity index (χ0n) is 17.1. The molecule has 0 bridgehead atoms. The summed E-state index contributed by atoms with van der Waals surface area (Å²) < 4.78 is 28.8. The van der Waals surface area contributed by atoms with E-state index in [1.165, 1.54) is 6.42 Å². The molecule has 0 aliphatic carbocycles. The summed E-state index contributed by atoms with van der Waals surface area (Å²) in [5.74, 6) is 1.28. The molecule has 0 saturated carbocycles. The first kappa shape index (κ1) is 20.7. The van der Waals surface area contributed by atoms with Crippen LogP contribution in [-0.2, 0) is 25.4 Å². The molecule has 29 heavy (non-hydrogen) atoms. The van der Waals surface area contributed by atoms with Crippen LogP contribution < -0.4 is 10.6 Å². The van der Waals surface area contributed by atoms with E-state index in [9.17, 15) is 0 Å². The minimum atomic E-state index is -0.464. The third kappa shape index (κ3) is 6.18. The van der Waals surface area contributed by atoms with Gasteiger partial charge in [-0.3, -0.25) is 4.99 Å². The molecule has 2 atom stereocenters. The fourth-order valence-corrected chi connectivity index (χ4v) is 3.96. The molecule has 0 aromatic carbocycles. The topological polar surface area (TPSA) is 86.5 Å². The van der Waals surface area contributed by atoms with Gasteiger partial charge < -0.3 is 34.0 Å². The molecule has 2 N–H and O–H groups in total. The van der Waals surface area contributed by atoms with E-state index in [1.807, 2.05) is 12.1 Å². The van der Waals surface area contributed by atoms with Crippen molar-refractivity contribution in [2.24, 2.45) is 4.99 Å². The van der Waals surface area contributed by atoms with Crippen LogP contribution in [0.5, 0.6) is 0 Å². The normalized spacial score (nSPS) is 27.2. The second-order valence-corrected chi connectivity index (χ2v) is 7.89. The average molecular weight is 408 g/mol. The molecule has 0 radical (unpaired) electrons. The highest BCUT2D eigenvalue weighted by atomic mass is 16.7. The lowest BCUT2D eigenvalue weighted by Gasteiger charge is -2.31. The molecule has 3 aliphatic rings. The maximum atomic E-state index is 6.19. The molecule has 3 fully saturated rings. The van der Waals surface area contributed by atoms with Crippen LogP contribution in [0.1, 0.15) is 37.9 Å². The summed E-state index contributed by atoms with van der Waals surface area (Å²) >= 11 is 0. The van der Waals surface area contributed by atoms with E-state index in [2.05, 4.69) is 10.6 Å². The molecule has 1 spiro atoms. The van der Waals surface area contributed by atoms with Gasteiger partial charge in [0.25, 0.3) is 0 Å². The van der Waals surface area contributed by atoms with Gasteiger partial charge >= 0.3 is 0 Å². The maximum Gasteiger partial charge on any atom is 0.191 e. The number of hydrogen-bond acceptors (Lipinski definition) is 6. The fraction of sp³-hybridized carbons (Fsp3) is 0.762. The lowest BCUT2D eigenvalue weighted by molar-refractivity contribution is -0.210. The van der Waals surface area contributed by atoms with Crippen LogP contribution in [0.2, 0.25) is 0 Å². The number of aliphatic imine (C=N–C) groups is 1. The van der Waals surface area contributed by atoms with Crippen LogP contribution >= 0.6 is 0 Å². The second kappa shape index (κ2) is 10.4. The number of ether oxygens (including phenoxy) is 4. The van der Waals surface area contributed by atoms with Crippen molar-refractivity contribution in [3.8, 4) is 0 Å². The van der Waals surface area contributed by atoms with Gasteiger partial charge in [0.15, 0.2) is 11.7 Å². The number of rotatable bonds is 7. The van der Waals surface area contributed by atoms with Crippen molar-refractivity contribution < 1.29 is 23.4 Å². The molecule has 1 aromatic rings. The van der Waals surface area contributed by atoms with Gasteiger partial charge in [0.2, 0.25) is 0 Å². The summed E-state index contributed by atoms with van der Waals surface area (Å²) in [6.45, 7) is 4.88. The molecule has 3 saturated heterocycles. The monoisotopic (exact) mass is 407 g/mol. The van der Waals surface area contributed by atoms with E-state index in [-0.39, 0.29) is 12.2 Å². The van der Waals surface area contributed by atoms with Crippen molar-refractivity contribution >= 4 is 5.96 Å². The third-order valence-corrected chi connectivity index (χ3v) is 5.64. The average Bonchev–Trinajstić information content (AvgIpc) is 3.41. The molecule has 1 aromatic heterocycles. The van der Waals surface area contributed by atoms with E-state index < -0.39 is 5.79 Å². The first-order chi connectivity index (χ1) is 14.3. The Morgan fingerprint density at radius 1 is 1.14 bits per heavy atom. The fourth-order valence-electron chi connectivity index (χ4n) is 3.96. The smallest absolute Gasteiger partial charge is 0.191 e. The van der Waals surface area contributed by atoms with Gasteiger partial charge in [-0.05, 0) is 31.4 Å². The summed E-state index contributed by atoms with van der Waals surface area (Å²) in [6, 6.07) is 3.89. The van der Waals surface area contributed by atoms with Crippen LogP contribution in [0.15, 0.2) is 27.8 Å². The second-order valence-electron chi connectivity index (χ2n) is 7.89. The molecule has 2 unspecified atom stereocenters. The van der Waals surface area contributed by atoms with E-state index in [1.54, 1.807) is 6.26 Å². The first-order valence-corrected chi connectivity index (χ1v) is 10.9. The Morgan fingerprint density at radius 2 is 2.07 bits per heavy atom. The molecule has 3 aliphatic heterocycles. The van der Waals surface area contributed by atoms with Crippen LogP contribution in [-0.4, -0.2) is 70.0 Å². The summed E-state index contributed by atoms with van der Waals surface area (Å²) in [4.78, 5) is 4.76. The zero-order chi connectivity index (χ0) is 19.8. The van der Waals surface area contributed by atoms with Gasteiger partial charge in [-0.2, -0.15) is 0 Å². The Morgan fingerprint density at radius 3 is 2.86 bits per heavy atom. The highest BCUT2D eigenvalue weighted by molar-refractivity contribution is 5.79. The van der Waals surface area contributed by atoms with Crippen LogP contribution in [0, 0.1) is 0 Å². The Kier molecular flexibility index (Phi) is 7.43. The van der Waals surface area contributed by atoms with Crippen LogP contribution in [0.3, 0.4) is 0 Å². The summed E-state index contributed by atoms with van der Waals surface area (Å²) in [6.07, 6.45) is 7.79. The van der Waals surface area contributed by atoms with Crippen molar-refractivity contribution in [3.63, 3.8) is 0 Å². The molecule has 4 heterocycles. The minimum Gasteiger partial charge on any atom is -0.469 e. The standard InChI is InChI=1S/C21H33N3O5/c1-2-10-27-18(4-1)14-23-20(22-9-6-17-5-3-11-26-17)24-15-19-16-28-21(29-19)7-12-25-13-8-21/h3,5,11,18-19H,1-2,4,6-10,12-16H2,(H2,22,23,24). The summed E-state index contributed by atoms with van der Waals surface area (Å²) in [7, 11) is 0. The predicted molar refractivity (Wildman–Crippen MR) is 108 cm³/mol. The summed E-state index contributed by atoms with van der Waals surface area (Å²) in [5.41, 5.74) is 0. The molecule has 0 amide bonds. The lowest BCUT2D eigenvalue weighted by atomic mass is 10.1. The Balaban J connectivity index is 1.28. The molecular weight excluding hydrogens is 374 g/mol. The Labute approximate surface area is 172 Å². The van der Waals surface area contributed by atoms with Gasteiger partial charge in [0.1, 0.15) is 11.9 Å². The van der Waals surface area contributed by atoms with Crippen LogP contribution in [0.4, 0.5) is 0 Å². The molecule has 162 valence electrons. The highest BCUT2D eigenvalue weighted by Crippen LogP contribution is 2.33. The summed E-state index contributed by atoms with van der Waals surface area (Å²) in [5, 5.41) is 6.83. The number of furan rings is 1. The van der Waals surface area contributed by atoms with Gasteiger partial charge in [-0.1, -0.05) is 0 Å². The van der Waals surface area contributed by atoms with Crippen molar-refractivity contribution in [1.82, 2.24) is 10.6 Å². The van der Waals surface area contributed by atoms with Gasteiger partial charge in [-0.25, -0.2) is 0 Å². The molecule has 8 heteroatoms. The van der Waals surface area contributed by atoms with Crippen molar-refractivity contribution in [2.45, 2.75) is 56.5 Å².